The number of aryl methyl sites for hydroxylation is 1. The van der Waals surface area contributed by atoms with E-state index < -0.39 is 0 Å². The summed E-state index contributed by atoms with van der Waals surface area (Å²) >= 11 is 0. The second-order valence-electron chi connectivity index (χ2n) is 8.96. The van der Waals surface area contributed by atoms with Crippen molar-refractivity contribution in [3.63, 3.8) is 0 Å². The molecule has 2 aromatic carbocycles. The zero-order valence-corrected chi connectivity index (χ0v) is 20.3. The fourth-order valence-electron chi connectivity index (χ4n) is 4.22. The third-order valence-corrected chi connectivity index (χ3v) is 6.32. The first-order valence-corrected chi connectivity index (χ1v) is 12.2. The molecule has 36 heavy (non-hydrogen) atoms. The maximum atomic E-state index is 12.9. The first kappa shape index (κ1) is 25.4. The molecule has 1 aliphatic rings. The zero-order chi connectivity index (χ0) is 25.3. The molecule has 3 amide bonds. The Morgan fingerprint density at radius 2 is 1.83 bits per heavy atom. The Kier molecular flexibility index (Phi) is 8.67. The van der Waals surface area contributed by atoms with Crippen LogP contribution in [-0.4, -0.2) is 48.2 Å². The van der Waals surface area contributed by atoms with Crippen molar-refractivity contribution in [2.75, 3.05) is 31.6 Å². The standard InChI is InChI=1S/C27H31FN4O4/c1-19-25(26(36-31-19)22-5-3-2-4-6-22)30-27(34)32-15-12-20(13-16-32)11-14-29-24(33)18-35-17-21-7-9-23(28)10-8-21/h2-10,20H,11-18H2,1H3,(H,29,33)(H,30,34). The number of anilines is 1. The molecular weight excluding hydrogens is 463 g/mol. The number of ether oxygens (including phenoxy) is 1. The molecule has 1 aliphatic heterocycles. The minimum atomic E-state index is -0.300. The quantitative estimate of drug-likeness (QED) is 0.447. The Balaban J connectivity index is 1.15. The molecule has 2 N–H and O–H groups in total. The number of nitrogens with one attached hydrogen (secondary N) is 2. The van der Waals surface area contributed by atoms with Gasteiger partial charge in [-0.1, -0.05) is 47.6 Å². The van der Waals surface area contributed by atoms with E-state index in [0.29, 0.717) is 42.7 Å². The van der Waals surface area contributed by atoms with Crippen LogP contribution in [0.3, 0.4) is 0 Å². The third kappa shape index (κ3) is 6.91. The summed E-state index contributed by atoms with van der Waals surface area (Å²) in [5, 5.41) is 9.88. The topological polar surface area (TPSA) is 96.7 Å². The summed E-state index contributed by atoms with van der Waals surface area (Å²) in [7, 11) is 0. The molecule has 3 aromatic rings. The smallest absolute Gasteiger partial charge is 0.322 e. The van der Waals surface area contributed by atoms with Crippen molar-refractivity contribution < 1.29 is 23.2 Å². The van der Waals surface area contributed by atoms with Crippen LogP contribution < -0.4 is 10.6 Å². The van der Waals surface area contributed by atoms with Gasteiger partial charge in [0.1, 0.15) is 23.8 Å². The van der Waals surface area contributed by atoms with Crippen LogP contribution in [0.4, 0.5) is 14.9 Å². The molecule has 190 valence electrons. The van der Waals surface area contributed by atoms with E-state index in [9.17, 15) is 14.0 Å². The minimum absolute atomic E-state index is 0.0384. The maximum Gasteiger partial charge on any atom is 0.322 e. The average Bonchev–Trinajstić information content (AvgIpc) is 3.26. The normalized spacial score (nSPS) is 14.0. The van der Waals surface area contributed by atoms with Gasteiger partial charge in [0.25, 0.3) is 0 Å². The van der Waals surface area contributed by atoms with Crippen molar-refractivity contribution in [1.29, 1.82) is 0 Å². The minimum Gasteiger partial charge on any atom is -0.367 e. The first-order valence-electron chi connectivity index (χ1n) is 12.2. The van der Waals surface area contributed by atoms with Gasteiger partial charge in [-0.3, -0.25) is 4.79 Å². The van der Waals surface area contributed by atoms with Crippen molar-refractivity contribution in [2.45, 2.75) is 32.8 Å². The number of amides is 3. The van der Waals surface area contributed by atoms with E-state index in [4.69, 9.17) is 9.26 Å². The van der Waals surface area contributed by atoms with Gasteiger partial charge in [0.15, 0.2) is 5.76 Å². The summed E-state index contributed by atoms with van der Waals surface area (Å²) < 4.78 is 23.8. The largest absolute Gasteiger partial charge is 0.367 e. The Labute approximate surface area is 209 Å². The highest BCUT2D eigenvalue weighted by molar-refractivity contribution is 5.94. The molecule has 8 nitrogen and oxygen atoms in total. The Morgan fingerprint density at radius 3 is 2.56 bits per heavy atom. The van der Waals surface area contributed by atoms with Gasteiger partial charge in [0.05, 0.1) is 6.61 Å². The number of hydrogen-bond donors (Lipinski definition) is 2. The lowest BCUT2D eigenvalue weighted by atomic mass is 9.94. The summed E-state index contributed by atoms with van der Waals surface area (Å²) in [5.74, 6) is 0.512. The summed E-state index contributed by atoms with van der Waals surface area (Å²) in [6.07, 6.45) is 2.60. The molecule has 0 bridgehead atoms. The number of halogens is 1. The van der Waals surface area contributed by atoms with Gasteiger partial charge in [-0.05, 0) is 49.8 Å². The molecule has 1 fully saturated rings. The van der Waals surface area contributed by atoms with E-state index >= 15 is 0 Å². The summed E-state index contributed by atoms with van der Waals surface area (Å²) in [6, 6.07) is 15.4. The van der Waals surface area contributed by atoms with Crippen LogP contribution in [0.1, 0.15) is 30.5 Å². The van der Waals surface area contributed by atoms with Gasteiger partial charge >= 0.3 is 6.03 Å². The average molecular weight is 495 g/mol. The van der Waals surface area contributed by atoms with Crippen molar-refractivity contribution in [1.82, 2.24) is 15.4 Å². The number of hydrogen-bond acceptors (Lipinski definition) is 5. The van der Waals surface area contributed by atoms with E-state index in [2.05, 4.69) is 15.8 Å². The number of nitrogens with zero attached hydrogens (tertiary/aromatic N) is 2. The number of piperidine rings is 1. The molecule has 0 saturated carbocycles. The van der Waals surface area contributed by atoms with Gasteiger partial charge in [-0.15, -0.1) is 0 Å². The number of benzene rings is 2. The van der Waals surface area contributed by atoms with Crippen LogP contribution in [0.5, 0.6) is 0 Å². The molecule has 0 atom stereocenters. The summed E-state index contributed by atoms with van der Waals surface area (Å²) in [6.45, 7) is 3.89. The highest BCUT2D eigenvalue weighted by Gasteiger charge is 2.25. The number of likely N-dealkylation sites (tertiary alicyclic amines) is 1. The van der Waals surface area contributed by atoms with Crippen LogP contribution in [0.2, 0.25) is 0 Å². The van der Waals surface area contributed by atoms with Crippen LogP contribution >= 0.6 is 0 Å². The number of carbonyl (C=O) groups is 2. The van der Waals surface area contributed by atoms with Gasteiger partial charge in [-0.2, -0.15) is 0 Å². The summed E-state index contributed by atoms with van der Waals surface area (Å²) in [4.78, 5) is 26.7. The number of rotatable bonds is 9. The fourth-order valence-corrected chi connectivity index (χ4v) is 4.22. The molecule has 1 aromatic heterocycles. The van der Waals surface area contributed by atoms with Crippen molar-refractivity contribution in [3.05, 3.63) is 71.7 Å². The van der Waals surface area contributed by atoms with Gasteiger partial charge < -0.3 is 24.8 Å². The summed E-state index contributed by atoms with van der Waals surface area (Å²) in [5.41, 5.74) is 2.90. The van der Waals surface area contributed by atoms with E-state index in [1.54, 1.807) is 24.0 Å². The van der Waals surface area contributed by atoms with Crippen LogP contribution in [-0.2, 0) is 16.1 Å². The van der Waals surface area contributed by atoms with Crippen molar-refractivity contribution >= 4 is 17.6 Å². The van der Waals surface area contributed by atoms with E-state index in [1.165, 1.54) is 12.1 Å². The lowest BCUT2D eigenvalue weighted by molar-refractivity contribution is -0.126. The van der Waals surface area contributed by atoms with Crippen LogP contribution in [0.15, 0.2) is 59.1 Å². The van der Waals surface area contributed by atoms with Gasteiger partial charge in [-0.25, -0.2) is 9.18 Å². The molecule has 0 unspecified atom stereocenters. The zero-order valence-electron chi connectivity index (χ0n) is 20.3. The monoisotopic (exact) mass is 494 g/mol. The molecule has 2 heterocycles. The highest BCUT2D eigenvalue weighted by atomic mass is 19.1. The predicted molar refractivity (Wildman–Crippen MR) is 134 cm³/mol. The molecule has 4 rings (SSSR count). The van der Waals surface area contributed by atoms with Crippen molar-refractivity contribution in [2.24, 2.45) is 5.92 Å². The second kappa shape index (κ2) is 12.3. The molecule has 9 heteroatoms. The lowest BCUT2D eigenvalue weighted by Gasteiger charge is -2.32. The predicted octanol–water partition coefficient (Wildman–Crippen LogP) is 4.76. The molecule has 0 radical (unpaired) electrons. The van der Waals surface area contributed by atoms with Crippen molar-refractivity contribution in [3.8, 4) is 11.3 Å². The van der Waals surface area contributed by atoms with E-state index in [1.807, 2.05) is 30.3 Å². The first-order chi connectivity index (χ1) is 17.5. The Hall–Kier alpha value is -3.72. The lowest BCUT2D eigenvalue weighted by Crippen LogP contribution is -2.41. The number of aromatic nitrogens is 1. The maximum absolute atomic E-state index is 12.9. The van der Waals surface area contributed by atoms with Crippen LogP contribution in [0.25, 0.3) is 11.3 Å². The van der Waals surface area contributed by atoms with Gasteiger partial charge in [0, 0.05) is 25.2 Å². The SMILES string of the molecule is Cc1noc(-c2ccccc2)c1NC(=O)N1CCC(CCNC(=O)COCc2ccc(F)cc2)CC1. The molecule has 0 aliphatic carbocycles. The molecule has 0 spiro atoms. The fraction of sp³-hybridized carbons (Fsp3) is 0.370. The Bertz CT molecular complexity index is 1140. The third-order valence-electron chi connectivity index (χ3n) is 6.32. The Morgan fingerprint density at radius 1 is 1.11 bits per heavy atom. The van der Waals surface area contributed by atoms with Crippen LogP contribution in [0, 0.1) is 18.7 Å². The van der Waals surface area contributed by atoms with Gasteiger partial charge in [0.2, 0.25) is 5.91 Å². The second-order valence-corrected chi connectivity index (χ2v) is 8.96. The number of carbonyl (C=O) groups excluding carboxylic acids is 2. The number of urea groups is 1. The highest BCUT2D eigenvalue weighted by Crippen LogP contribution is 2.31. The van der Waals surface area contributed by atoms with E-state index in [0.717, 1.165) is 30.4 Å². The molecule has 1 saturated heterocycles. The molecular formula is C27H31FN4O4. The van der Waals surface area contributed by atoms with E-state index in [-0.39, 0.29) is 31.0 Å².